The van der Waals surface area contributed by atoms with Gasteiger partial charge in [-0.2, -0.15) is 0 Å². The summed E-state index contributed by atoms with van der Waals surface area (Å²) in [6.45, 7) is 4.50. The molecule has 0 radical (unpaired) electrons. The number of nitrogens with zero attached hydrogens (tertiary/aromatic N) is 3. The Hall–Kier alpha value is -3.94. The summed E-state index contributed by atoms with van der Waals surface area (Å²) in [6, 6.07) is 12.4. The van der Waals surface area contributed by atoms with Crippen molar-refractivity contribution < 1.29 is 23.5 Å². The van der Waals surface area contributed by atoms with Crippen molar-refractivity contribution in [2.75, 3.05) is 27.3 Å². The number of benzene rings is 1. The Morgan fingerprint density at radius 1 is 1.09 bits per heavy atom. The van der Waals surface area contributed by atoms with E-state index in [1.807, 2.05) is 36.0 Å². The van der Waals surface area contributed by atoms with Gasteiger partial charge in [0.25, 0.3) is 5.91 Å². The molecule has 0 aliphatic rings. The maximum atomic E-state index is 13.4. The predicted octanol–water partition coefficient (Wildman–Crippen LogP) is 3.49. The quantitative estimate of drug-likeness (QED) is 0.417. The number of rotatable bonds is 11. The van der Waals surface area contributed by atoms with Gasteiger partial charge in [-0.3, -0.25) is 9.59 Å². The van der Waals surface area contributed by atoms with Crippen LogP contribution in [0.15, 0.2) is 72.0 Å². The molecule has 0 saturated carbocycles. The number of carbonyl (C=O) groups is 2. The Morgan fingerprint density at radius 2 is 1.91 bits per heavy atom. The largest absolute Gasteiger partial charge is 0.497 e. The molecule has 2 heterocycles. The van der Waals surface area contributed by atoms with E-state index in [1.54, 1.807) is 48.6 Å². The summed E-state index contributed by atoms with van der Waals surface area (Å²) < 4.78 is 18.0. The average Bonchev–Trinajstić information content (AvgIpc) is 3.49. The minimum Gasteiger partial charge on any atom is -0.497 e. The first-order valence-electron chi connectivity index (χ1n) is 10.5. The first kappa shape index (κ1) is 23.7. The third-order valence-corrected chi connectivity index (χ3v) is 5.29. The number of furan rings is 1. The molecule has 0 fully saturated rings. The molecule has 0 saturated heterocycles. The zero-order valence-electron chi connectivity index (χ0n) is 19.2. The van der Waals surface area contributed by atoms with Crippen molar-refractivity contribution in [3.63, 3.8) is 0 Å². The molecule has 0 bridgehead atoms. The van der Waals surface area contributed by atoms with E-state index in [0.717, 1.165) is 5.69 Å². The SMILES string of the molecule is C=CCN(CC(=O)N(Cc1ccco1)Cc1cccn1C)C(=O)c1ccc(OC)cc1OC. The summed E-state index contributed by atoms with van der Waals surface area (Å²) >= 11 is 0. The molecule has 0 spiro atoms. The lowest BCUT2D eigenvalue weighted by Crippen LogP contribution is -2.42. The van der Waals surface area contributed by atoms with Gasteiger partial charge in [-0.25, -0.2) is 0 Å². The Kier molecular flexibility index (Phi) is 7.96. The van der Waals surface area contributed by atoms with Gasteiger partial charge in [0.15, 0.2) is 0 Å². The molecule has 0 aliphatic heterocycles. The number of amides is 2. The van der Waals surface area contributed by atoms with Crippen molar-refractivity contribution >= 4 is 11.8 Å². The maximum absolute atomic E-state index is 13.4. The number of aryl methyl sites for hydroxylation is 1. The predicted molar refractivity (Wildman–Crippen MR) is 124 cm³/mol. The maximum Gasteiger partial charge on any atom is 0.258 e. The number of carbonyl (C=O) groups excluding carboxylic acids is 2. The van der Waals surface area contributed by atoms with E-state index in [2.05, 4.69) is 6.58 Å². The molecule has 0 unspecified atom stereocenters. The third kappa shape index (κ3) is 5.85. The minimum atomic E-state index is -0.334. The van der Waals surface area contributed by atoms with Gasteiger partial charge in [-0.1, -0.05) is 6.08 Å². The summed E-state index contributed by atoms with van der Waals surface area (Å²) in [5.41, 5.74) is 1.31. The zero-order valence-corrected chi connectivity index (χ0v) is 19.2. The Labute approximate surface area is 193 Å². The monoisotopic (exact) mass is 451 g/mol. The fourth-order valence-corrected chi connectivity index (χ4v) is 3.46. The fourth-order valence-electron chi connectivity index (χ4n) is 3.46. The third-order valence-electron chi connectivity index (χ3n) is 5.29. The topological polar surface area (TPSA) is 77.2 Å². The highest BCUT2D eigenvalue weighted by Gasteiger charge is 2.25. The summed E-state index contributed by atoms with van der Waals surface area (Å²) in [4.78, 5) is 29.8. The van der Waals surface area contributed by atoms with Crippen LogP contribution in [0.1, 0.15) is 21.8 Å². The van der Waals surface area contributed by atoms with Crippen LogP contribution in [0.3, 0.4) is 0 Å². The Morgan fingerprint density at radius 3 is 2.52 bits per heavy atom. The number of ether oxygens (including phenoxy) is 2. The average molecular weight is 452 g/mol. The van der Waals surface area contributed by atoms with Crippen LogP contribution in [0.2, 0.25) is 0 Å². The first-order chi connectivity index (χ1) is 16.0. The molecular formula is C25H29N3O5. The van der Waals surface area contributed by atoms with Crippen LogP contribution < -0.4 is 9.47 Å². The van der Waals surface area contributed by atoms with E-state index in [4.69, 9.17) is 13.9 Å². The van der Waals surface area contributed by atoms with Gasteiger partial charge in [-0.15, -0.1) is 6.58 Å². The standard InChI is InChI=1S/C25H29N3O5/c1-5-12-27(25(30)22-11-10-20(31-3)15-23(22)32-4)18-24(29)28(17-21-9-7-14-33-21)16-19-8-6-13-26(19)2/h5-11,13-15H,1,12,16-18H2,2-4H3. The Balaban J connectivity index is 1.83. The van der Waals surface area contributed by atoms with Crippen LogP contribution in [-0.4, -0.2) is 53.5 Å². The van der Waals surface area contributed by atoms with E-state index in [0.29, 0.717) is 35.9 Å². The van der Waals surface area contributed by atoms with Crippen LogP contribution >= 0.6 is 0 Å². The molecule has 8 nitrogen and oxygen atoms in total. The second-order valence-corrected chi connectivity index (χ2v) is 7.48. The highest BCUT2D eigenvalue weighted by Crippen LogP contribution is 2.26. The van der Waals surface area contributed by atoms with Crippen molar-refractivity contribution in [3.05, 3.63) is 84.6 Å². The Bertz CT molecular complexity index is 1090. The molecule has 0 N–H and O–H groups in total. The molecule has 174 valence electrons. The molecule has 3 aromatic rings. The van der Waals surface area contributed by atoms with E-state index >= 15 is 0 Å². The van der Waals surface area contributed by atoms with Gasteiger partial charge in [0.1, 0.15) is 23.8 Å². The molecule has 1 aromatic carbocycles. The van der Waals surface area contributed by atoms with Gasteiger partial charge in [0.05, 0.1) is 39.1 Å². The van der Waals surface area contributed by atoms with Crippen LogP contribution in [-0.2, 0) is 24.9 Å². The first-order valence-corrected chi connectivity index (χ1v) is 10.5. The summed E-state index contributed by atoms with van der Waals surface area (Å²) in [5, 5.41) is 0. The van der Waals surface area contributed by atoms with E-state index < -0.39 is 0 Å². The van der Waals surface area contributed by atoms with Crippen molar-refractivity contribution in [3.8, 4) is 11.5 Å². The van der Waals surface area contributed by atoms with E-state index in [1.165, 1.54) is 12.0 Å². The smallest absolute Gasteiger partial charge is 0.258 e. The lowest BCUT2D eigenvalue weighted by atomic mass is 10.1. The highest BCUT2D eigenvalue weighted by atomic mass is 16.5. The van der Waals surface area contributed by atoms with Crippen LogP contribution in [0.4, 0.5) is 0 Å². The van der Waals surface area contributed by atoms with Gasteiger partial charge in [-0.05, 0) is 36.4 Å². The highest BCUT2D eigenvalue weighted by molar-refractivity contribution is 5.99. The van der Waals surface area contributed by atoms with Gasteiger partial charge >= 0.3 is 0 Å². The summed E-state index contributed by atoms with van der Waals surface area (Å²) in [5.74, 6) is 1.06. The fraction of sp³-hybridized carbons (Fsp3) is 0.280. The van der Waals surface area contributed by atoms with Crippen molar-refractivity contribution in [1.29, 1.82) is 0 Å². The van der Waals surface area contributed by atoms with Crippen molar-refractivity contribution in [2.24, 2.45) is 7.05 Å². The summed E-state index contributed by atoms with van der Waals surface area (Å²) in [6.07, 6.45) is 5.09. The molecule has 2 amide bonds. The number of aromatic nitrogens is 1. The number of methoxy groups -OCH3 is 2. The molecule has 8 heteroatoms. The van der Waals surface area contributed by atoms with Gasteiger partial charge in [0, 0.05) is 31.5 Å². The molecule has 2 aromatic heterocycles. The lowest BCUT2D eigenvalue weighted by molar-refractivity contribution is -0.133. The number of hydrogen-bond acceptors (Lipinski definition) is 5. The molecule has 33 heavy (non-hydrogen) atoms. The van der Waals surface area contributed by atoms with Crippen LogP contribution in [0.25, 0.3) is 0 Å². The molecule has 0 aliphatic carbocycles. The van der Waals surface area contributed by atoms with Crippen LogP contribution in [0, 0.1) is 0 Å². The van der Waals surface area contributed by atoms with Gasteiger partial charge < -0.3 is 28.3 Å². The molecule has 3 rings (SSSR count). The number of hydrogen-bond donors (Lipinski definition) is 0. The summed E-state index contributed by atoms with van der Waals surface area (Å²) in [7, 11) is 4.95. The van der Waals surface area contributed by atoms with Crippen LogP contribution in [0.5, 0.6) is 11.5 Å². The van der Waals surface area contributed by atoms with E-state index in [-0.39, 0.29) is 24.9 Å². The van der Waals surface area contributed by atoms with Crippen molar-refractivity contribution in [1.82, 2.24) is 14.4 Å². The second-order valence-electron chi connectivity index (χ2n) is 7.48. The van der Waals surface area contributed by atoms with Crippen molar-refractivity contribution in [2.45, 2.75) is 13.1 Å². The zero-order chi connectivity index (χ0) is 23.8. The molecule has 0 atom stereocenters. The minimum absolute atomic E-state index is 0.120. The lowest BCUT2D eigenvalue weighted by Gasteiger charge is -2.27. The second kappa shape index (κ2) is 11.1. The molecular weight excluding hydrogens is 422 g/mol. The van der Waals surface area contributed by atoms with E-state index in [9.17, 15) is 9.59 Å². The van der Waals surface area contributed by atoms with Gasteiger partial charge in [0.2, 0.25) is 5.91 Å². The normalized spacial score (nSPS) is 10.5.